The number of nitrogens with zero attached hydrogens (tertiary/aromatic N) is 6. The van der Waals surface area contributed by atoms with Crippen LogP contribution < -0.4 is 4.74 Å². The molecule has 0 N–H and O–H groups in total. The Morgan fingerprint density at radius 2 is 2.14 bits per heavy atom. The molecule has 148 valence electrons. The van der Waals surface area contributed by atoms with Crippen molar-refractivity contribution in [3.63, 3.8) is 0 Å². The molecule has 2 aromatic heterocycles. The number of halogens is 1. The Hall–Kier alpha value is -2.74. The van der Waals surface area contributed by atoms with Crippen LogP contribution in [-0.4, -0.2) is 49.4 Å². The van der Waals surface area contributed by atoms with Crippen LogP contribution in [0.3, 0.4) is 0 Å². The Morgan fingerprint density at radius 3 is 2.89 bits per heavy atom. The quantitative estimate of drug-likeness (QED) is 0.654. The smallest absolute Gasteiger partial charge is 0.152 e. The molecule has 0 spiro atoms. The average molecular weight is 384 g/mol. The van der Waals surface area contributed by atoms with Gasteiger partial charge < -0.3 is 13.9 Å². The summed E-state index contributed by atoms with van der Waals surface area (Å²) in [5.74, 6) is 2.52. The Kier molecular flexibility index (Phi) is 5.38. The van der Waals surface area contributed by atoms with E-state index in [9.17, 15) is 4.39 Å². The van der Waals surface area contributed by atoms with E-state index in [1.54, 1.807) is 19.6 Å². The Labute approximate surface area is 163 Å². The zero-order valence-electron chi connectivity index (χ0n) is 16.3. The van der Waals surface area contributed by atoms with Gasteiger partial charge >= 0.3 is 0 Å². The van der Waals surface area contributed by atoms with Crippen molar-refractivity contribution in [3.8, 4) is 5.75 Å². The number of piperidine rings is 1. The Balaban J connectivity index is 1.45. The third-order valence-electron chi connectivity index (χ3n) is 5.41. The van der Waals surface area contributed by atoms with Gasteiger partial charge in [-0.1, -0.05) is 6.07 Å². The van der Waals surface area contributed by atoms with Gasteiger partial charge in [0.25, 0.3) is 0 Å². The molecule has 28 heavy (non-hydrogen) atoms. The lowest BCUT2D eigenvalue weighted by Crippen LogP contribution is -2.35. The molecular weight excluding hydrogens is 359 g/mol. The van der Waals surface area contributed by atoms with E-state index in [4.69, 9.17) is 4.74 Å². The molecule has 1 aliphatic heterocycles. The van der Waals surface area contributed by atoms with Crippen molar-refractivity contribution in [2.75, 3.05) is 20.2 Å². The normalized spacial score (nSPS) is 17.8. The van der Waals surface area contributed by atoms with Crippen LogP contribution in [0.1, 0.15) is 36.0 Å². The van der Waals surface area contributed by atoms with Crippen molar-refractivity contribution in [2.45, 2.75) is 31.8 Å². The van der Waals surface area contributed by atoms with E-state index in [0.29, 0.717) is 30.3 Å². The number of likely N-dealkylation sites (tertiary alicyclic amines) is 1. The second-order valence-corrected chi connectivity index (χ2v) is 7.30. The number of hydrogen-bond acceptors (Lipinski definition) is 5. The van der Waals surface area contributed by atoms with E-state index in [2.05, 4.69) is 24.6 Å². The molecule has 3 aromatic rings. The van der Waals surface area contributed by atoms with Gasteiger partial charge in [-0.15, -0.1) is 10.2 Å². The minimum Gasteiger partial charge on any atom is -0.497 e. The third kappa shape index (κ3) is 3.91. The summed E-state index contributed by atoms with van der Waals surface area (Å²) < 4.78 is 23.5. The van der Waals surface area contributed by atoms with E-state index in [1.807, 2.05) is 29.9 Å². The predicted octanol–water partition coefficient (Wildman–Crippen LogP) is 2.59. The molecule has 4 rings (SSSR count). The number of methoxy groups -OCH3 is 1. The predicted molar refractivity (Wildman–Crippen MR) is 103 cm³/mol. The summed E-state index contributed by atoms with van der Waals surface area (Å²) in [5.41, 5.74) is 0.695. The number of rotatable bonds is 6. The molecule has 1 saturated heterocycles. The fourth-order valence-electron chi connectivity index (χ4n) is 3.85. The Bertz CT molecular complexity index is 923. The molecule has 0 aliphatic carbocycles. The maximum atomic E-state index is 14.3. The van der Waals surface area contributed by atoms with Crippen molar-refractivity contribution in [1.82, 2.24) is 29.2 Å². The van der Waals surface area contributed by atoms with Crippen LogP contribution in [0.4, 0.5) is 4.39 Å². The minimum absolute atomic E-state index is 0.220. The lowest BCUT2D eigenvalue weighted by atomic mass is 9.96. The van der Waals surface area contributed by atoms with Crippen LogP contribution in [0.15, 0.2) is 36.9 Å². The third-order valence-corrected chi connectivity index (χ3v) is 5.41. The SMILES string of the molecule is COc1ccc(CN2CCCC(c3nnc(Cn4ccnc4)n3C)C2)c(F)c1. The van der Waals surface area contributed by atoms with E-state index in [0.717, 1.165) is 37.6 Å². The van der Waals surface area contributed by atoms with E-state index in [-0.39, 0.29) is 5.82 Å². The average Bonchev–Trinajstić information content (AvgIpc) is 3.34. The maximum Gasteiger partial charge on any atom is 0.152 e. The van der Waals surface area contributed by atoms with Crippen LogP contribution in [0.2, 0.25) is 0 Å². The van der Waals surface area contributed by atoms with Crippen LogP contribution in [-0.2, 0) is 20.1 Å². The van der Waals surface area contributed by atoms with Crippen LogP contribution in [0.5, 0.6) is 5.75 Å². The standard InChI is InChI=1S/C20H25FN6O/c1-25-19(13-27-9-7-22-14-27)23-24-20(25)16-4-3-8-26(12-16)11-15-5-6-17(28-2)10-18(15)21/h5-7,9-10,14,16H,3-4,8,11-13H2,1-2H3. The topological polar surface area (TPSA) is 61.0 Å². The fraction of sp³-hybridized carbons (Fsp3) is 0.450. The number of hydrogen-bond donors (Lipinski definition) is 0. The van der Waals surface area contributed by atoms with Crippen molar-refractivity contribution in [2.24, 2.45) is 7.05 Å². The minimum atomic E-state index is -0.220. The first-order chi connectivity index (χ1) is 13.6. The molecule has 1 atom stereocenters. The van der Waals surface area contributed by atoms with E-state index in [1.165, 1.54) is 6.07 Å². The van der Waals surface area contributed by atoms with Crippen molar-refractivity contribution >= 4 is 0 Å². The van der Waals surface area contributed by atoms with Crippen LogP contribution in [0.25, 0.3) is 0 Å². The van der Waals surface area contributed by atoms with Gasteiger partial charge in [-0.3, -0.25) is 4.90 Å². The second kappa shape index (κ2) is 8.10. The van der Waals surface area contributed by atoms with Gasteiger partial charge in [0.15, 0.2) is 5.82 Å². The van der Waals surface area contributed by atoms with Gasteiger partial charge in [0.1, 0.15) is 17.4 Å². The molecule has 1 aliphatic rings. The molecule has 3 heterocycles. The van der Waals surface area contributed by atoms with Crippen LogP contribution >= 0.6 is 0 Å². The summed E-state index contributed by atoms with van der Waals surface area (Å²) in [6.45, 7) is 3.05. The van der Waals surface area contributed by atoms with Gasteiger partial charge in [0.2, 0.25) is 0 Å². The summed E-state index contributed by atoms with van der Waals surface area (Å²) in [6, 6.07) is 5.07. The number of aromatic nitrogens is 5. The lowest BCUT2D eigenvalue weighted by Gasteiger charge is -2.32. The highest BCUT2D eigenvalue weighted by molar-refractivity contribution is 5.29. The number of ether oxygens (including phenoxy) is 1. The molecule has 1 fully saturated rings. The van der Waals surface area contributed by atoms with E-state index < -0.39 is 0 Å². The van der Waals surface area contributed by atoms with Gasteiger partial charge in [0, 0.05) is 50.1 Å². The second-order valence-electron chi connectivity index (χ2n) is 7.30. The van der Waals surface area contributed by atoms with Gasteiger partial charge in [-0.05, 0) is 25.5 Å². The first-order valence-electron chi connectivity index (χ1n) is 9.52. The molecule has 0 bridgehead atoms. The Morgan fingerprint density at radius 1 is 1.25 bits per heavy atom. The molecule has 8 heteroatoms. The molecule has 0 amide bonds. The molecule has 0 saturated carbocycles. The molecular formula is C20H25FN6O. The molecule has 1 unspecified atom stereocenters. The van der Waals surface area contributed by atoms with Crippen molar-refractivity contribution in [3.05, 3.63) is 59.9 Å². The summed E-state index contributed by atoms with van der Waals surface area (Å²) in [7, 11) is 3.56. The lowest BCUT2D eigenvalue weighted by molar-refractivity contribution is 0.193. The highest BCUT2D eigenvalue weighted by Crippen LogP contribution is 2.27. The van der Waals surface area contributed by atoms with Gasteiger partial charge in [-0.2, -0.15) is 0 Å². The monoisotopic (exact) mass is 384 g/mol. The fourth-order valence-corrected chi connectivity index (χ4v) is 3.85. The summed E-state index contributed by atoms with van der Waals surface area (Å²) in [6.07, 6.45) is 7.58. The first-order valence-corrected chi connectivity index (χ1v) is 9.52. The van der Waals surface area contributed by atoms with Gasteiger partial charge in [0.05, 0.1) is 20.0 Å². The molecule has 0 radical (unpaired) electrons. The first kappa shape index (κ1) is 18.6. The number of benzene rings is 1. The maximum absolute atomic E-state index is 14.3. The molecule has 1 aromatic carbocycles. The zero-order chi connectivity index (χ0) is 19.5. The van der Waals surface area contributed by atoms with E-state index >= 15 is 0 Å². The zero-order valence-corrected chi connectivity index (χ0v) is 16.3. The van der Waals surface area contributed by atoms with Crippen molar-refractivity contribution in [1.29, 1.82) is 0 Å². The van der Waals surface area contributed by atoms with Crippen LogP contribution in [0, 0.1) is 5.82 Å². The summed E-state index contributed by atoms with van der Waals surface area (Å²) >= 11 is 0. The summed E-state index contributed by atoms with van der Waals surface area (Å²) in [4.78, 5) is 6.37. The highest BCUT2D eigenvalue weighted by Gasteiger charge is 2.26. The largest absolute Gasteiger partial charge is 0.497 e. The highest BCUT2D eigenvalue weighted by atomic mass is 19.1. The summed E-state index contributed by atoms with van der Waals surface area (Å²) in [5, 5.41) is 8.84. The number of imidazole rings is 1. The van der Waals surface area contributed by atoms with Gasteiger partial charge in [-0.25, -0.2) is 9.37 Å². The van der Waals surface area contributed by atoms with Crippen molar-refractivity contribution < 1.29 is 9.13 Å². The molecule has 7 nitrogen and oxygen atoms in total.